The number of fused-ring (bicyclic) bond motifs is 1. The first-order valence-corrected chi connectivity index (χ1v) is 6.37. The Morgan fingerprint density at radius 1 is 1.23 bits per heavy atom. The van der Waals surface area contributed by atoms with E-state index in [1.807, 2.05) is 18.2 Å². The second kappa shape index (κ2) is 5.46. The Bertz CT molecular complexity index is 936. The molecule has 7 heteroatoms. The third kappa shape index (κ3) is 2.29. The van der Waals surface area contributed by atoms with Crippen molar-refractivity contribution in [2.75, 3.05) is 0 Å². The fourth-order valence-electron chi connectivity index (χ4n) is 2.11. The molecule has 0 spiro atoms. The molecule has 3 rings (SSSR count). The van der Waals surface area contributed by atoms with Crippen LogP contribution in [0.15, 0.2) is 48.5 Å². The Morgan fingerprint density at radius 3 is 2.73 bits per heavy atom. The number of hydrogen-bond acceptors (Lipinski definition) is 5. The van der Waals surface area contributed by atoms with Gasteiger partial charge in [-0.15, -0.1) is 5.10 Å². The van der Waals surface area contributed by atoms with Gasteiger partial charge in [0.1, 0.15) is 17.3 Å². The van der Waals surface area contributed by atoms with Crippen LogP contribution in [0.4, 0.5) is 5.69 Å². The predicted octanol–water partition coefficient (Wildman–Crippen LogP) is 2.86. The van der Waals surface area contributed by atoms with E-state index in [-0.39, 0.29) is 11.4 Å². The van der Waals surface area contributed by atoms with Crippen molar-refractivity contribution in [3.05, 3.63) is 64.2 Å². The fraction of sp³-hybridized carbons (Fsp3) is 0. The molecule has 22 heavy (non-hydrogen) atoms. The van der Waals surface area contributed by atoms with Crippen molar-refractivity contribution >= 4 is 28.5 Å². The number of rotatable bonds is 3. The quantitative estimate of drug-likeness (QED) is 0.420. The zero-order valence-electron chi connectivity index (χ0n) is 11.2. The van der Waals surface area contributed by atoms with E-state index in [4.69, 9.17) is 0 Å². The van der Waals surface area contributed by atoms with Crippen LogP contribution in [0, 0.1) is 21.4 Å². The highest BCUT2D eigenvalue weighted by Crippen LogP contribution is 2.23. The molecule has 0 saturated heterocycles. The van der Waals surface area contributed by atoms with Crippen molar-refractivity contribution in [1.29, 1.82) is 5.26 Å². The Kier molecular flexibility index (Phi) is 3.34. The number of nitro benzene ring substituents is 1. The van der Waals surface area contributed by atoms with E-state index in [1.165, 1.54) is 16.8 Å². The normalized spacial score (nSPS) is 11.3. The maximum Gasteiger partial charge on any atom is 0.276 e. The third-order valence-electron chi connectivity index (χ3n) is 3.12. The monoisotopic (exact) mass is 291 g/mol. The topological polar surface area (TPSA) is 97.6 Å². The molecule has 0 saturated carbocycles. The van der Waals surface area contributed by atoms with Gasteiger partial charge in [0.05, 0.1) is 16.0 Å². The van der Waals surface area contributed by atoms with Crippen LogP contribution in [0.1, 0.15) is 5.56 Å². The van der Waals surface area contributed by atoms with Crippen molar-refractivity contribution in [3.63, 3.8) is 0 Å². The van der Waals surface area contributed by atoms with Crippen LogP contribution >= 0.6 is 0 Å². The molecule has 3 aromatic rings. The summed E-state index contributed by atoms with van der Waals surface area (Å²) in [6, 6.07) is 15.4. The van der Waals surface area contributed by atoms with Crippen LogP contribution in [-0.2, 0) is 0 Å². The molecular formula is C15H9N5O2. The highest BCUT2D eigenvalue weighted by atomic mass is 16.6. The second-order valence-corrected chi connectivity index (χ2v) is 4.45. The lowest BCUT2D eigenvalue weighted by molar-refractivity contribution is -0.385. The van der Waals surface area contributed by atoms with Gasteiger partial charge in [0.2, 0.25) is 0 Å². The molecular weight excluding hydrogens is 282 g/mol. The van der Waals surface area contributed by atoms with E-state index in [0.29, 0.717) is 16.6 Å². The summed E-state index contributed by atoms with van der Waals surface area (Å²) in [4.78, 5) is 10.6. The van der Waals surface area contributed by atoms with Crippen LogP contribution < -0.4 is 0 Å². The largest absolute Gasteiger partial charge is 0.276 e. The minimum Gasteiger partial charge on any atom is -0.258 e. The van der Waals surface area contributed by atoms with E-state index < -0.39 is 4.92 Å². The van der Waals surface area contributed by atoms with Gasteiger partial charge in [-0.05, 0) is 24.3 Å². The highest BCUT2D eigenvalue weighted by molar-refractivity contribution is 5.87. The van der Waals surface area contributed by atoms with Gasteiger partial charge in [0, 0.05) is 6.07 Å². The van der Waals surface area contributed by atoms with Gasteiger partial charge in [0.25, 0.3) is 5.69 Å². The van der Waals surface area contributed by atoms with E-state index in [9.17, 15) is 15.4 Å². The summed E-state index contributed by atoms with van der Waals surface area (Å²) in [5.41, 5.74) is 1.73. The number of aromatic nitrogens is 3. The summed E-state index contributed by atoms with van der Waals surface area (Å²) in [5.74, 6) is 0. The highest BCUT2D eigenvalue weighted by Gasteiger charge is 2.13. The molecule has 0 bridgehead atoms. The second-order valence-electron chi connectivity index (χ2n) is 4.45. The Labute approximate surface area is 124 Å². The van der Waals surface area contributed by atoms with Gasteiger partial charge in [-0.1, -0.05) is 29.5 Å². The SMILES string of the molecule is N#C/C(=C\c1ccccc1[N+](=O)[O-])n1nnc2ccccc21. The zero-order valence-corrected chi connectivity index (χ0v) is 11.2. The van der Waals surface area contributed by atoms with Gasteiger partial charge in [-0.25, -0.2) is 4.68 Å². The molecule has 2 aromatic carbocycles. The molecule has 0 radical (unpaired) electrons. The third-order valence-corrected chi connectivity index (χ3v) is 3.12. The molecule has 0 aliphatic heterocycles. The Morgan fingerprint density at radius 2 is 1.95 bits per heavy atom. The summed E-state index contributed by atoms with van der Waals surface area (Å²) in [6.07, 6.45) is 1.43. The summed E-state index contributed by atoms with van der Waals surface area (Å²) in [7, 11) is 0. The molecule has 7 nitrogen and oxygen atoms in total. The molecule has 0 amide bonds. The standard InChI is InChI=1S/C15H9N5O2/c16-10-12(9-11-5-1-3-7-14(11)20(21)22)19-15-8-4-2-6-13(15)17-18-19/h1-9H/b12-9+. The minimum atomic E-state index is -0.486. The van der Waals surface area contributed by atoms with Crippen molar-refractivity contribution in [3.8, 4) is 6.07 Å². The van der Waals surface area contributed by atoms with Crippen LogP contribution in [0.3, 0.4) is 0 Å². The van der Waals surface area contributed by atoms with Crippen molar-refractivity contribution < 1.29 is 4.92 Å². The molecule has 106 valence electrons. The van der Waals surface area contributed by atoms with Crippen molar-refractivity contribution in [2.24, 2.45) is 0 Å². The minimum absolute atomic E-state index is 0.0697. The fourth-order valence-corrected chi connectivity index (χ4v) is 2.11. The van der Waals surface area contributed by atoms with Gasteiger partial charge in [-0.2, -0.15) is 5.26 Å². The number of hydrogen-bond donors (Lipinski definition) is 0. The predicted molar refractivity (Wildman–Crippen MR) is 80.4 cm³/mol. The molecule has 1 heterocycles. The number of benzene rings is 2. The van der Waals surface area contributed by atoms with Crippen LogP contribution in [-0.4, -0.2) is 19.9 Å². The number of nitro groups is 1. The van der Waals surface area contributed by atoms with Gasteiger partial charge in [-0.3, -0.25) is 10.1 Å². The molecule has 0 aliphatic rings. The maximum absolute atomic E-state index is 11.0. The maximum atomic E-state index is 11.0. The summed E-state index contributed by atoms with van der Waals surface area (Å²) < 4.78 is 1.37. The average Bonchev–Trinajstić information content (AvgIpc) is 2.97. The zero-order chi connectivity index (χ0) is 15.5. The lowest BCUT2D eigenvalue weighted by Crippen LogP contribution is -1.98. The first kappa shape index (κ1) is 13.5. The van der Waals surface area contributed by atoms with Gasteiger partial charge < -0.3 is 0 Å². The first-order valence-electron chi connectivity index (χ1n) is 6.37. The lowest BCUT2D eigenvalue weighted by Gasteiger charge is -2.01. The average molecular weight is 291 g/mol. The van der Waals surface area contributed by atoms with Crippen molar-refractivity contribution in [1.82, 2.24) is 15.0 Å². The summed E-state index contributed by atoms with van der Waals surface area (Å²) in [6.45, 7) is 0. The lowest BCUT2D eigenvalue weighted by atomic mass is 10.1. The van der Waals surface area contributed by atoms with Gasteiger partial charge >= 0.3 is 0 Å². The van der Waals surface area contributed by atoms with Gasteiger partial charge in [0.15, 0.2) is 0 Å². The Hall–Kier alpha value is -3.53. The van der Waals surface area contributed by atoms with E-state index in [2.05, 4.69) is 10.3 Å². The van der Waals surface area contributed by atoms with Crippen LogP contribution in [0.25, 0.3) is 22.8 Å². The number of allylic oxidation sites excluding steroid dienone is 1. The Balaban J connectivity index is 2.17. The molecule has 0 atom stereocenters. The van der Waals surface area contributed by atoms with E-state index in [0.717, 1.165) is 0 Å². The summed E-state index contributed by atoms with van der Waals surface area (Å²) >= 11 is 0. The molecule has 0 aliphatic carbocycles. The number of nitriles is 1. The molecule has 1 aromatic heterocycles. The van der Waals surface area contributed by atoms with Crippen LogP contribution in [0.2, 0.25) is 0 Å². The summed E-state index contributed by atoms with van der Waals surface area (Å²) in [5, 5.41) is 28.3. The van der Waals surface area contributed by atoms with E-state index >= 15 is 0 Å². The number of nitrogens with zero attached hydrogens (tertiary/aromatic N) is 5. The first-order chi connectivity index (χ1) is 10.7. The van der Waals surface area contributed by atoms with E-state index in [1.54, 1.807) is 30.3 Å². The molecule has 0 fully saturated rings. The molecule has 0 unspecified atom stereocenters. The van der Waals surface area contributed by atoms with Crippen LogP contribution in [0.5, 0.6) is 0 Å². The number of para-hydroxylation sites is 2. The smallest absolute Gasteiger partial charge is 0.258 e. The molecule has 0 N–H and O–H groups in total. The van der Waals surface area contributed by atoms with Crippen molar-refractivity contribution in [2.45, 2.75) is 0 Å².